The first kappa shape index (κ1) is 20.5. The lowest BCUT2D eigenvalue weighted by molar-refractivity contribution is 0.406. The van der Waals surface area contributed by atoms with E-state index in [0.717, 1.165) is 53.2 Å². The maximum atomic E-state index is 14.7. The maximum Gasteiger partial charge on any atom is 0.191 e. The van der Waals surface area contributed by atoms with Crippen LogP contribution in [0.5, 0.6) is 5.75 Å². The number of nitrogens with two attached hydrogens (primary N) is 1. The Kier molecular flexibility index (Phi) is 5.27. The number of thiophene rings is 1. The Labute approximate surface area is 186 Å². The van der Waals surface area contributed by atoms with Crippen LogP contribution in [0.4, 0.5) is 14.6 Å². The highest BCUT2D eigenvalue weighted by Gasteiger charge is 2.22. The van der Waals surface area contributed by atoms with Gasteiger partial charge in [-0.15, -0.1) is 16.4 Å². The van der Waals surface area contributed by atoms with E-state index in [1.54, 1.807) is 23.6 Å². The average molecular weight is 455 g/mol. The molecule has 0 spiro atoms. The molecule has 0 amide bonds. The molecule has 1 aliphatic rings. The number of hydrogen-bond donors (Lipinski definition) is 2. The summed E-state index contributed by atoms with van der Waals surface area (Å²) in [6, 6.07) is 6.09. The lowest BCUT2D eigenvalue weighted by atomic mass is 10.1. The first-order chi connectivity index (χ1) is 15.5. The second-order valence-corrected chi connectivity index (χ2v) is 8.46. The van der Waals surface area contributed by atoms with Gasteiger partial charge in [0.2, 0.25) is 0 Å². The fourth-order valence-corrected chi connectivity index (χ4v) is 4.93. The third-order valence-electron chi connectivity index (χ3n) is 5.35. The van der Waals surface area contributed by atoms with E-state index in [1.807, 2.05) is 0 Å². The minimum absolute atomic E-state index is 0.0502. The van der Waals surface area contributed by atoms with E-state index >= 15 is 0 Å². The summed E-state index contributed by atoms with van der Waals surface area (Å²) in [6.07, 6.45) is 3.63. The molecule has 4 aromatic rings. The molecule has 0 radical (unpaired) electrons. The van der Waals surface area contributed by atoms with E-state index in [0.29, 0.717) is 5.56 Å². The van der Waals surface area contributed by atoms with E-state index in [2.05, 4.69) is 31.9 Å². The molecule has 0 saturated heterocycles. The van der Waals surface area contributed by atoms with E-state index in [4.69, 9.17) is 10.5 Å². The predicted molar refractivity (Wildman–Crippen MR) is 117 cm³/mol. The second kappa shape index (κ2) is 8.24. The Hall–Kier alpha value is -3.44. The molecule has 8 nitrogen and oxygen atoms in total. The Bertz CT molecular complexity index is 1260. The van der Waals surface area contributed by atoms with Crippen LogP contribution < -0.4 is 15.8 Å². The van der Waals surface area contributed by atoms with Gasteiger partial charge in [0, 0.05) is 33.6 Å². The van der Waals surface area contributed by atoms with Crippen molar-refractivity contribution in [3.8, 4) is 33.3 Å². The van der Waals surface area contributed by atoms with Gasteiger partial charge in [0.15, 0.2) is 17.5 Å². The van der Waals surface area contributed by atoms with Crippen molar-refractivity contribution in [2.24, 2.45) is 0 Å². The van der Waals surface area contributed by atoms with E-state index < -0.39 is 17.3 Å². The number of anilines is 1. The maximum absolute atomic E-state index is 14.7. The summed E-state index contributed by atoms with van der Waals surface area (Å²) in [5, 5.41) is 14.8. The number of rotatable bonds is 4. The van der Waals surface area contributed by atoms with Gasteiger partial charge in [0.05, 0.1) is 12.7 Å². The number of nitrogens with zero attached hydrogens (tertiary/aromatic N) is 5. The number of nitrogens with one attached hydrogen (secondary N) is 1. The van der Waals surface area contributed by atoms with Crippen molar-refractivity contribution in [3.05, 3.63) is 52.5 Å². The molecule has 0 saturated carbocycles. The zero-order valence-corrected chi connectivity index (χ0v) is 17.9. The number of halogens is 2. The van der Waals surface area contributed by atoms with E-state index in [-0.39, 0.29) is 17.4 Å². The van der Waals surface area contributed by atoms with Crippen LogP contribution >= 0.6 is 11.3 Å². The highest BCUT2D eigenvalue weighted by molar-refractivity contribution is 7.15. The van der Waals surface area contributed by atoms with Crippen molar-refractivity contribution in [2.45, 2.75) is 12.8 Å². The SMILES string of the molecule is COc1cc(F)c(-n2nnnc2-c2cc(-c3cc4c(s3)CCNCC4)cnc2N)c(F)c1. The molecule has 4 heterocycles. The Morgan fingerprint density at radius 3 is 2.69 bits per heavy atom. The topological polar surface area (TPSA) is 104 Å². The lowest BCUT2D eigenvalue weighted by Gasteiger charge is -2.10. The summed E-state index contributed by atoms with van der Waals surface area (Å²) in [6.45, 7) is 1.90. The van der Waals surface area contributed by atoms with Crippen molar-refractivity contribution < 1.29 is 13.5 Å². The molecule has 0 fully saturated rings. The van der Waals surface area contributed by atoms with Crippen LogP contribution in [0.15, 0.2) is 30.5 Å². The number of aromatic nitrogens is 5. The predicted octanol–water partition coefficient (Wildman–Crippen LogP) is 3.01. The number of ether oxygens (including phenoxy) is 1. The van der Waals surface area contributed by atoms with Gasteiger partial charge in [-0.05, 0) is 54.1 Å². The second-order valence-electron chi connectivity index (χ2n) is 7.32. The molecule has 0 bridgehead atoms. The normalized spacial score (nSPS) is 13.6. The number of hydrogen-bond acceptors (Lipinski definition) is 8. The lowest BCUT2D eigenvalue weighted by Crippen LogP contribution is -2.16. The van der Waals surface area contributed by atoms with Crippen molar-refractivity contribution >= 4 is 17.2 Å². The number of nitrogen functional groups attached to an aromatic ring is 1. The highest BCUT2D eigenvalue weighted by Crippen LogP contribution is 2.36. The van der Waals surface area contributed by atoms with Gasteiger partial charge in [-0.25, -0.2) is 13.8 Å². The smallest absolute Gasteiger partial charge is 0.191 e. The fraction of sp³-hybridized carbons (Fsp3) is 0.238. The molecular weight excluding hydrogens is 436 g/mol. The molecule has 32 heavy (non-hydrogen) atoms. The first-order valence-corrected chi connectivity index (χ1v) is 10.8. The molecule has 0 unspecified atom stereocenters. The van der Waals surface area contributed by atoms with Gasteiger partial charge < -0.3 is 15.8 Å². The fourth-order valence-electron chi connectivity index (χ4n) is 3.74. The quantitative estimate of drug-likeness (QED) is 0.488. The van der Waals surface area contributed by atoms with E-state index in [9.17, 15) is 8.78 Å². The minimum atomic E-state index is -0.867. The number of fused-ring (bicyclic) bond motifs is 1. The first-order valence-electron chi connectivity index (χ1n) is 9.95. The van der Waals surface area contributed by atoms with Crippen LogP contribution in [-0.2, 0) is 12.8 Å². The van der Waals surface area contributed by atoms with Crippen molar-refractivity contribution in [1.82, 2.24) is 30.5 Å². The van der Waals surface area contributed by atoms with Gasteiger partial charge in [0.1, 0.15) is 17.3 Å². The van der Waals surface area contributed by atoms with Crippen molar-refractivity contribution in [1.29, 1.82) is 0 Å². The van der Waals surface area contributed by atoms with Gasteiger partial charge in [-0.3, -0.25) is 0 Å². The van der Waals surface area contributed by atoms with Crippen LogP contribution in [0.1, 0.15) is 10.4 Å². The summed E-state index contributed by atoms with van der Waals surface area (Å²) >= 11 is 1.71. The number of methoxy groups -OCH3 is 1. The zero-order chi connectivity index (χ0) is 22.2. The molecule has 164 valence electrons. The summed E-state index contributed by atoms with van der Waals surface area (Å²) in [4.78, 5) is 6.69. The molecular formula is C21H19F2N7OS. The molecule has 5 rings (SSSR count). The molecule has 11 heteroatoms. The molecule has 3 N–H and O–H groups in total. The Balaban J connectivity index is 1.59. The van der Waals surface area contributed by atoms with Crippen LogP contribution in [-0.4, -0.2) is 45.4 Å². The summed E-state index contributed by atoms with van der Waals surface area (Å²) < 4.78 is 35.3. The van der Waals surface area contributed by atoms with E-state index in [1.165, 1.54) is 17.6 Å². The average Bonchev–Trinajstić information content (AvgIpc) is 3.35. The van der Waals surface area contributed by atoms with Crippen molar-refractivity contribution in [3.63, 3.8) is 0 Å². The molecule has 1 aliphatic heterocycles. The Morgan fingerprint density at radius 1 is 1.12 bits per heavy atom. The van der Waals surface area contributed by atoms with Crippen LogP contribution in [0.2, 0.25) is 0 Å². The zero-order valence-electron chi connectivity index (χ0n) is 17.1. The summed E-state index contributed by atoms with van der Waals surface area (Å²) in [5.41, 5.74) is 8.23. The van der Waals surface area contributed by atoms with Gasteiger partial charge >= 0.3 is 0 Å². The van der Waals surface area contributed by atoms with Crippen LogP contribution in [0.25, 0.3) is 27.5 Å². The van der Waals surface area contributed by atoms with Crippen molar-refractivity contribution in [2.75, 3.05) is 25.9 Å². The van der Waals surface area contributed by atoms with Gasteiger partial charge in [-0.1, -0.05) is 0 Å². The number of pyridine rings is 1. The summed E-state index contributed by atoms with van der Waals surface area (Å²) in [5.74, 6) is -1.44. The molecule has 0 aliphatic carbocycles. The third kappa shape index (κ3) is 3.59. The number of benzene rings is 1. The third-order valence-corrected chi connectivity index (χ3v) is 6.63. The number of tetrazole rings is 1. The summed E-state index contributed by atoms with van der Waals surface area (Å²) in [7, 11) is 1.33. The van der Waals surface area contributed by atoms with Gasteiger partial charge in [0.25, 0.3) is 0 Å². The van der Waals surface area contributed by atoms with Crippen LogP contribution in [0.3, 0.4) is 0 Å². The van der Waals surface area contributed by atoms with Gasteiger partial charge in [-0.2, -0.15) is 4.68 Å². The molecule has 0 atom stereocenters. The monoisotopic (exact) mass is 455 g/mol. The standard InChI is InChI=1S/C21H19F2N7OS/c1-31-13-8-15(22)19(16(23)9-13)30-21(27-28-29-30)14-6-12(10-26-20(14)24)18-7-11-2-4-25-5-3-17(11)32-18/h6-10,25H,2-5H2,1H3,(H2,24,26). The minimum Gasteiger partial charge on any atom is -0.497 e. The molecule has 1 aromatic carbocycles. The largest absolute Gasteiger partial charge is 0.497 e. The molecule has 3 aromatic heterocycles. The van der Waals surface area contributed by atoms with Crippen LogP contribution in [0, 0.1) is 11.6 Å². The highest BCUT2D eigenvalue weighted by atomic mass is 32.1. The Morgan fingerprint density at radius 2 is 1.91 bits per heavy atom.